The van der Waals surface area contributed by atoms with E-state index in [-0.39, 0.29) is 11.5 Å². The minimum Gasteiger partial charge on any atom is -0.512 e. The van der Waals surface area contributed by atoms with Gasteiger partial charge in [0.25, 0.3) is 0 Å². The van der Waals surface area contributed by atoms with Gasteiger partial charge in [-0.05, 0) is 24.6 Å². The molecule has 8 nitrogen and oxygen atoms in total. The summed E-state index contributed by atoms with van der Waals surface area (Å²) in [4.78, 5) is 11.0. The van der Waals surface area contributed by atoms with Crippen molar-refractivity contribution in [3.8, 4) is 0 Å². The summed E-state index contributed by atoms with van der Waals surface area (Å²) in [7, 11) is 0. The number of ether oxygens (including phenoxy) is 1. The highest BCUT2D eigenvalue weighted by Gasteiger charge is 2.14. The molecule has 0 unspecified atom stereocenters. The van der Waals surface area contributed by atoms with Gasteiger partial charge in [0, 0.05) is 38.2 Å². The number of rotatable bonds is 5. The Bertz CT molecular complexity index is 764. The van der Waals surface area contributed by atoms with Gasteiger partial charge in [0.15, 0.2) is 5.82 Å². The van der Waals surface area contributed by atoms with E-state index in [4.69, 9.17) is 4.74 Å². The third-order valence-electron chi connectivity index (χ3n) is 4.05. The van der Waals surface area contributed by atoms with Crippen LogP contribution in [0, 0.1) is 6.92 Å². The van der Waals surface area contributed by atoms with Gasteiger partial charge in [0.1, 0.15) is 17.4 Å². The molecule has 1 aliphatic carbocycles. The van der Waals surface area contributed by atoms with Crippen molar-refractivity contribution in [1.82, 2.24) is 9.97 Å². The second kappa shape index (κ2) is 8.48. The number of anilines is 2. The lowest BCUT2D eigenvalue weighted by molar-refractivity contribution is 0.122. The van der Waals surface area contributed by atoms with Crippen molar-refractivity contribution < 1.29 is 14.9 Å². The first-order chi connectivity index (χ1) is 12.6. The van der Waals surface area contributed by atoms with E-state index in [1.165, 1.54) is 0 Å². The Morgan fingerprint density at radius 2 is 2.08 bits per heavy atom. The largest absolute Gasteiger partial charge is 0.512 e. The number of nitrogens with zero attached hydrogens (tertiary/aromatic N) is 4. The van der Waals surface area contributed by atoms with Crippen LogP contribution in [0.2, 0.25) is 0 Å². The maximum Gasteiger partial charge on any atom is 0.152 e. The highest BCUT2D eigenvalue weighted by Crippen LogP contribution is 2.18. The average Bonchev–Trinajstić information content (AvgIpc) is 2.81. The van der Waals surface area contributed by atoms with Crippen LogP contribution in [0.1, 0.15) is 18.7 Å². The van der Waals surface area contributed by atoms with Gasteiger partial charge in [0.05, 0.1) is 19.0 Å². The number of aliphatic hydroxyl groups excluding tert-OH is 2. The fourth-order valence-corrected chi connectivity index (χ4v) is 2.67. The molecule has 0 spiro atoms. The average molecular weight is 357 g/mol. The molecule has 2 heterocycles. The molecule has 1 aromatic rings. The SMILES string of the molecule is Cc1nc(N/N=C/CC2=CC=C(O)CC=C2O)cc(N2CCOCC2)n1. The van der Waals surface area contributed by atoms with Gasteiger partial charge in [0.2, 0.25) is 0 Å². The van der Waals surface area contributed by atoms with Gasteiger partial charge in [-0.3, -0.25) is 5.43 Å². The Kier molecular flexibility index (Phi) is 5.85. The third kappa shape index (κ3) is 4.82. The minimum atomic E-state index is 0.157. The molecule has 8 heteroatoms. The molecule has 1 saturated heterocycles. The Morgan fingerprint density at radius 3 is 2.88 bits per heavy atom. The molecular weight excluding hydrogens is 334 g/mol. The molecule has 1 aliphatic heterocycles. The first-order valence-corrected chi connectivity index (χ1v) is 8.56. The number of hydrogen-bond acceptors (Lipinski definition) is 8. The van der Waals surface area contributed by atoms with E-state index < -0.39 is 0 Å². The molecular formula is C18H23N5O3. The Labute approximate surface area is 152 Å². The van der Waals surface area contributed by atoms with Crippen LogP contribution in [0.4, 0.5) is 11.6 Å². The fraction of sp³-hybridized carbons (Fsp3) is 0.389. The van der Waals surface area contributed by atoms with E-state index in [0.29, 0.717) is 43.3 Å². The molecule has 1 aromatic heterocycles. The predicted octanol–water partition coefficient (Wildman–Crippen LogP) is 2.62. The van der Waals surface area contributed by atoms with E-state index in [1.54, 1.807) is 24.4 Å². The Morgan fingerprint density at radius 1 is 1.27 bits per heavy atom. The summed E-state index contributed by atoms with van der Waals surface area (Å²) in [5.74, 6) is 2.51. The quantitative estimate of drug-likeness (QED) is 0.550. The van der Waals surface area contributed by atoms with Crippen LogP contribution in [0.25, 0.3) is 0 Å². The molecule has 0 aromatic carbocycles. The second-order valence-electron chi connectivity index (χ2n) is 6.03. The van der Waals surface area contributed by atoms with Crippen molar-refractivity contribution in [2.24, 2.45) is 5.10 Å². The van der Waals surface area contributed by atoms with Gasteiger partial charge < -0.3 is 19.8 Å². The van der Waals surface area contributed by atoms with E-state index in [2.05, 4.69) is 25.4 Å². The van der Waals surface area contributed by atoms with Crippen LogP contribution in [0.5, 0.6) is 0 Å². The second-order valence-corrected chi connectivity index (χ2v) is 6.03. The molecule has 0 amide bonds. The lowest BCUT2D eigenvalue weighted by atomic mass is 10.1. The van der Waals surface area contributed by atoms with Crippen LogP contribution < -0.4 is 10.3 Å². The number of aryl methyl sites for hydroxylation is 1. The zero-order chi connectivity index (χ0) is 18.4. The molecule has 26 heavy (non-hydrogen) atoms. The Hall–Kier alpha value is -2.87. The zero-order valence-electron chi connectivity index (χ0n) is 14.7. The first kappa shape index (κ1) is 17.9. The highest BCUT2D eigenvalue weighted by molar-refractivity contribution is 5.65. The molecule has 0 bridgehead atoms. The number of allylic oxidation sites excluding steroid dienone is 4. The van der Waals surface area contributed by atoms with Gasteiger partial charge in [-0.15, -0.1) is 0 Å². The highest BCUT2D eigenvalue weighted by atomic mass is 16.5. The summed E-state index contributed by atoms with van der Waals surface area (Å²) < 4.78 is 5.37. The lowest BCUT2D eigenvalue weighted by Crippen LogP contribution is -2.36. The number of hydrazone groups is 1. The van der Waals surface area contributed by atoms with E-state index in [0.717, 1.165) is 18.9 Å². The van der Waals surface area contributed by atoms with Crippen molar-refractivity contribution in [3.63, 3.8) is 0 Å². The van der Waals surface area contributed by atoms with Crippen molar-refractivity contribution in [1.29, 1.82) is 0 Å². The molecule has 0 saturated carbocycles. The molecule has 1 fully saturated rings. The predicted molar refractivity (Wildman–Crippen MR) is 101 cm³/mol. The van der Waals surface area contributed by atoms with Crippen molar-refractivity contribution in [2.45, 2.75) is 19.8 Å². The first-order valence-electron chi connectivity index (χ1n) is 8.56. The minimum absolute atomic E-state index is 0.157. The van der Waals surface area contributed by atoms with E-state index in [1.807, 2.05) is 13.0 Å². The van der Waals surface area contributed by atoms with Crippen LogP contribution in [0.15, 0.2) is 46.5 Å². The van der Waals surface area contributed by atoms with Crippen molar-refractivity contribution in [2.75, 3.05) is 36.6 Å². The summed E-state index contributed by atoms with van der Waals surface area (Å²) in [6.45, 7) is 4.84. The van der Waals surface area contributed by atoms with Crippen molar-refractivity contribution >= 4 is 17.9 Å². The van der Waals surface area contributed by atoms with Crippen LogP contribution in [0.3, 0.4) is 0 Å². The molecule has 0 atom stereocenters. The molecule has 2 aliphatic rings. The van der Waals surface area contributed by atoms with Gasteiger partial charge in [-0.1, -0.05) is 6.08 Å². The molecule has 0 radical (unpaired) electrons. The number of nitrogens with one attached hydrogen (secondary N) is 1. The van der Waals surface area contributed by atoms with Crippen LogP contribution in [-0.2, 0) is 4.74 Å². The third-order valence-corrected chi connectivity index (χ3v) is 4.05. The smallest absolute Gasteiger partial charge is 0.152 e. The van der Waals surface area contributed by atoms with Gasteiger partial charge >= 0.3 is 0 Å². The number of aliphatic hydroxyl groups is 2. The monoisotopic (exact) mass is 357 g/mol. The van der Waals surface area contributed by atoms with E-state index in [9.17, 15) is 10.2 Å². The summed E-state index contributed by atoms with van der Waals surface area (Å²) in [6.07, 6.45) is 7.25. The fourth-order valence-electron chi connectivity index (χ4n) is 2.67. The number of hydrogen-bond donors (Lipinski definition) is 3. The maximum atomic E-state index is 9.93. The summed E-state index contributed by atoms with van der Waals surface area (Å²) in [5.41, 5.74) is 3.60. The summed E-state index contributed by atoms with van der Waals surface area (Å²) in [6, 6.07) is 1.86. The van der Waals surface area contributed by atoms with E-state index >= 15 is 0 Å². The number of aromatic nitrogens is 2. The topological polar surface area (TPSA) is 103 Å². The summed E-state index contributed by atoms with van der Waals surface area (Å²) in [5, 5.41) is 23.6. The van der Waals surface area contributed by atoms with Gasteiger partial charge in [-0.2, -0.15) is 5.10 Å². The standard InChI is InChI=1S/C18H23N5O3/c1-13-20-17(12-18(21-13)23-8-10-26-11-9-23)22-19-7-6-14-2-3-15(24)4-5-16(14)25/h2-3,5,7,12,24-25H,4,6,8-11H2,1H3,(H,20,21,22)/b19-7+. The zero-order valence-corrected chi connectivity index (χ0v) is 14.7. The lowest BCUT2D eigenvalue weighted by Gasteiger charge is -2.28. The number of morpholine rings is 1. The Balaban J connectivity index is 1.62. The molecule has 3 rings (SSSR count). The normalized spacial score (nSPS) is 18.2. The van der Waals surface area contributed by atoms with Gasteiger partial charge in [-0.25, -0.2) is 9.97 Å². The van der Waals surface area contributed by atoms with Crippen LogP contribution >= 0.6 is 0 Å². The molecule has 138 valence electrons. The van der Waals surface area contributed by atoms with Crippen LogP contribution in [-0.4, -0.2) is 52.7 Å². The molecule has 3 N–H and O–H groups in total. The van der Waals surface area contributed by atoms with Crippen molar-refractivity contribution in [3.05, 3.63) is 47.2 Å². The maximum absolute atomic E-state index is 9.93. The summed E-state index contributed by atoms with van der Waals surface area (Å²) >= 11 is 0.